The number of carbonyl (C=O) groups is 3. The summed E-state index contributed by atoms with van der Waals surface area (Å²) in [6, 6.07) is 4.96. The third-order valence-electron chi connectivity index (χ3n) is 2.96. The Hall–Kier alpha value is -1.47. The molecular weight excluding hydrogens is 298 g/mol. The van der Waals surface area contributed by atoms with Gasteiger partial charge in [-0.15, -0.1) is 5.06 Å². The first-order valence-corrected chi connectivity index (χ1v) is 7.25. The van der Waals surface area contributed by atoms with Crippen molar-refractivity contribution in [1.82, 2.24) is 5.06 Å². The highest BCUT2D eigenvalue weighted by Gasteiger charge is 2.33. The Labute approximate surface area is 127 Å². The molecule has 0 N–H and O–H groups in total. The third-order valence-corrected chi connectivity index (χ3v) is 3.64. The van der Waals surface area contributed by atoms with Gasteiger partial charge >= 0.3 is 5.97 Å². The summed E-state index contributed by atoms with van der Waals surface area (Å²) in [4.78, 5) is 39.6. The van der Waals surface area contributed by atoms with E-state index in [0.29, 0.717) is 16.6 Å². The monoisotopic (exact) mass is 311 g/mol. The summed E-state index contributed by atoms with van der Waals surface area (Å²) >= 11 is 8.38. The summed E-state index contributed by atoms with van der Waals surface area (Å²) in [6.45, 7) is 0. The van der Waals surface area contributed by atoms with E-state index in [1.807, 2.05) is 0 Å². The van der Waals surface area contributed by atoms with Gasteiger partial charge in [-0.2, -0.15) is 25.3 Å². The van der Waals surface area contributed by atoms with E-state index in [4.69, 9.17) is 4.84 Å². The molecule has 7 heteroatoms. The summed E-state index contributed by atoms with van der Waals surface area (Å²) in [5, 5.41) is 0.537. The van der Waals surface area contributed by atoms with Gasteiger partial charge in [0.05, 0.1) is 5.56 Å². The number of hydrogen-bond donors (Lipinski definition) is 2. The maximum atomic E-state index is 11.9. The second-order valence-corrected chi connectivity index (χ2v) is 4.89. The molecule has 106 valence electrons. The van der Waals surface area contributed by atoms with Crippen LogP contribution in [0.4, 0.5) is 0 Å². The van der Waals surface area contributed by atoms with Crippen molar-refractivity contribution in [3.63, 3.8) is 0 Å². The first-order chi connectivity index (χ1) is 9.56. The highest BCUT2D eigenvalue weighted by atomic mass is 32.1. The Balaban J connectivity index is 2.17. The molecule has 1 aromatic rings. The van der Waals surface area contributed by atoms with Gasteiger partial charge in [-0.3, -0.25) is 9.59 Å². The van der Waals surface area contributed by atoms with Gasteiger partial charge in [-0.25, -0.2) is 4.79 Å². The highest BCUT2D eigenvalue weighted by Crippen LogP contribution is 2.19. The van der Waals surface area contributed by atoms with Crippen LogP contribution in [0.5, 0.6) is 0 Å². The Morgan fingerprint density at radius 2 is 1.70 bits per heavy atom. The molecule has 0 spiro atoms. The topological polar surface area (TPSA) is 63.7 Å². The molecule has 2 amide bonds. The van der Waals surface area contributed by atoms with Crippen molar-refractivity contribution < 1.29 is 19.2 Å². The largest absolute Gasteiger partial charge is 0.363 e. The van der Waals surface area contributed by atoms with Crippen LogP contribution < -0.4 is 0 Å². The summed E-state index contributed by atoms with van der Waals surface area (Å²) in [6.07, 6.45) is 0.152. The van der Waals surface area contributed by atoms with Crippen LogP contribution in [0.2, 0.25) is 0 Å². The molecule has 2 rings (SSSR count). The molecule has 0 atom stereocenters. The molecule has 1 fully saturated rings. The maximum absolute atomic E-state index is 11.9. The lowest BCUT2D eigenvalue weighted by Crippen LogP contribution is -2.32. The van der Waals surface area contributed by atoms with Crippen molar-refractivity contribution in [1.29, 1.82) is 0 Å². The Morgan fingerprint density at radius 3 is 2.25 bits per heavy atom. The van der Waals surface area contributed by atoms with Gasteiger partial charge in [-0.1, -0.05) is 6.07 Å². The molecule has 5 nitrogen and oxygen atoms in total. The minimum atomic E-state index is -0.734. The van der Waals surface area contributed by atoms with Crippen LogP contribution in [0.1, 0.15) is 34.3 Å². The van der Waals surface area contributed by atoms with E-state index in [2.05, 4.69) is 25.3 Å². The molecule has 1 aromatic carbocycles. The second-order valence-electron chi connectivity index (χ2n) is 4.26. The minimum Gasteiger partial charge on any atom is -0.325 e. The molecule has 20 heavy (non-hydrogen) atoms. The van der Waals surface area contributed by atoms with Gasteiger partial charge in [0, 0.05) is 24.3 Å². The Morgan fingerprint density at radius 1 is 1.10 bits per heavy atom. The highest BCUT2D eigenvalue weighted by molar-refractivity contribution is 7.79. The van der Waals surface area contributed by atoms with Crippen LogP contribution in [0.3, 0.4) is 0 Å². The lowest BCUT2D eigenvalue weighted by molar-refractivity contribution is -0.172. The normalized spacial score (nSPS) is 14.8. The fourth-order valence-corrected chi connectivity index (χ4v) is 2.45. The van der Waals surface area contributed by atoms with Crippen LogP contribution in [0, 0.1) is 0 Å². The molecule has 0 radical (unpaired) electrons. The number of rotatable bonds is 4. The van der Waals surface area contributed by atoms with Gasteiger partial charge in [-0.05, 0) is 23.3 Å². The van der Waals surface area contributed by atoms with Gasteiger partial charge in [0.15, 0.2) is 0 Å². The zero-order valence-electron chi connectivity index (χ0n) is 10.5. The van der Waals surface area contributed by atoms with Crippen LogP contribution in [0.25, 0.3) is 0 Å². The first-order valence-electron chi connectivity index (χ1n) is 5.98. The molecule has 1 heterocycles. The van der Waals surface area contributed by atoms with Crippen molar-refractivity contribution in [2.24, 2.45) is 0 Å². The van der Waals surface area contributed by atoms with E-state index in [0.717, 1.165) is 11.1 Å². The average Bonchev–Trinajstić information content (AvgIpc) is 2.78. The number of thiol groups is 2. The standard InChI is InChI=1S/C13H13NO4S2/c15-11-3-4-12(16)14(11)18-13(17)8-1-2-9(6-19)10(5-8)7-20/h1-2,5,19-20H,3-4,6-7H2. The van der Waals surface area contributed by atoms with E-state index in [1.54, 1.807) is 18.2 Å². The van der Waals surface area contributed by atoms with Gasteiger partial charge in [0.1, 0.15) is 0 Å². The molecule has 0 aliphatic carbocycles. The first kappa shape index (κ1) is 14.9. The van der Waals surface area contributed by atoms with Crippen LogP contribution in [0.15, 0.2) is 18.2 Å². The number of hydroxylamine groups is 2. The van der Waals surface area contributed by atoms with E-state index in [1.165, 1.54) is 0 Å². The second kappa shape index (κ2) is 6.32. The SMILES string of the molecule is O=C(ON1C(=O)CCC1=O)c1ccc(CS)c(CS)c1. The molecule has 0 saturated carbocycles. The molecule has 1 aliphatic rings. The summed E-state index contributed by atoms with van der Waals surface area (Å²) in [7, 11) is 0. The van der Waals surface area contributed by atoms with Gasteiger partial charge in [0.2, 0.25) is 0 Å². The smallest absolute Gasteiger partial charge is 0.325 e. The van der Waals surface area contributed by atoms with Crippen molar-refractivity contribution in [2.75, 3.05) is 0 Å². The number of imide groups is 1. The zero-order chi connectivity index (χ0) is 14.7. The lowest BCUT2D eigenvalue weighted by Gasteiger charge is -2.13. The van der Waals surface area contributed by atoms with Crippen molar-refractivity contribution >= 4 is 43.0 Å². The summed E-state index contributed by atoms with van der Waals surface area (Å²) in [5.74, 6) is -0.732. The maximum Gasteiger partial charge on any atom is 0.363 e. The van der Waals surface area contributed by atoms with Crippen LogP contribution in [-0.4, -0.2) is 22.8 Å². The predicted molar refractivity (Wildman–Crippen MR) is 78.3 cm³/mol. The number of hydrogen-bond acceptors (Lipinski definition) is 6. The summed E-state index contributed by atoms with van der Waals surface area (Å²) in [5.41, 5.74) is 2.09. The predicted octanol–water partition coefficient (Wildman–Crippen LogP) is 1.77. The summed E-state index contributed by atoms with van der Waals surface area (Å²) < 4.78 is 0. The number of benzene rings is 1. The number of nitrogens with zero attached hydrogens (tertiary/aromatic N) is 1. The number of amides is 2. The molecule has 0 unspecified atom stereocenters. The quantitative estimate of drug-likeness (QED) is 0.657. The Kier molecular flexibility index (Phi) is 4.72. The zero-order valence-corrected chi connectivity index (χ0v) is 12.3. The average molecular weight is 311 g/mol. The molecule has 0 bridgehead atoms. The van der Waals surface area contributed by atoms with Crippen molar-refractivity contribution in [3.05, 3.63) is 34.9 Å². The van der Waals surface area contributed by atoms with Crippen molar-refractivity contribution in [3.8, 4) is 0 Å². The Bertz CT molecular complexity index is 557. The molecule has 1 saturated heterocycles. The van der Waals surface area contributed by atoms with Crippen LogP contribution >= 0.6 is 25.3 Å². The lowest BCUT2D eigenvalue weighted by atomic mass is 10.1. The van der Waals surface area contributed by atoms with E-state index < -0.39 is 17.8 Å². The molecule has 1 aliphatic heterocycles. The number of carbonyl (C=O) groups excluding carboxylic acids is 3. The van der Waals surface area contributed by atoms with E-state index in [9.17, 15) is 14.4 Å². The third kappa shape index (κ3) is 2.99. The fraction of sp³-hybridized carbons (Fsp3) is 0.308. The fourth-order valence-electron chi connectivity index (χ4n) is 1.85. The van der Waals surface area contributed by atoms with E-state index in [-0.39, 0.29) is 18.4 Å². The minimum absolute atomic E-state index is 0.0760. The van der Waals surface area contributed by atoms with Gasteiger partial charge < -0.3 is 4.84 Å². The molecular formula is C13H13NO4S2. The molecule has 0 aromatic heterocycles. The van der Waals surface area contributed by atoms with Crippen molar-refractivity contribution in [2.45, 2.75) is 24.3 Å². The van der Waals surface area contributed by atoms with Crippen LogP contribution in [-0.2, 0) is 25.9 Å². The van der Waals surface area contributed by atoms with E-state index >= 15 is 0 Å². The van der Waals surface area contributed by atoms with Gasteiger partial charge in [0.25, 0.3) is 11.8 Å².